The molecular weight excluding hydrogens is 353 g/mol. The molecule has 1 heterocycles. The van der Waals surface area contributed by atoms with Crippen molar-refractivity contribution < 1.29 is 18.0 Å². The third kappa shape index (κ3) is 6.33. The van der Waals surface area contributed by atoms with Crippen LogP contribution in [0.25, 0.3) is 0 Å². The van der Waals surface area contributed by atoms with E-state index >= 15 is 0 Å². The molecule has 0 saturated carbocycles. The van der Waals surface area contributed by atoms with Crippen molar-refractivity contribution in [3.63, 3.8) is 0 Å². The van der Waals surface area contributed by atoms with Gasteiger partial charge in [0.25, 0.3) is 0 Å². The van der Waals surface area contributed by atoms with Crippen LogP contribution in [0.15, 0.2) is 24.3 Å². The van der Waals surface area contributed by atoms with E-state index in [1.165, 1.54) is 23.5 Å². The van der Waals surface area contributed by atoms with E-state index in [-0.39, 0.29) is 12.2 Å². The molecule has 2 rings (SSSR count). The minimum absolute atomic E-state index is 0.161. The highest BCUT2D eigenvalue weighted by molar-refractivity contribution is 7.15. The van der Waals surface area contributed by atoms with Crippen molar-refractivity contribution in [2.45, 2.75) is 38.8 Å². The van der Waals surface area contributed by atoms with Crippen molar-refractivity contribution in [1.29, 1.82) is 0 Å². The largest absolute Gasteiger partial charge is 0.416 e. The first kappa shape index (κ1) is 19.2. The molecule has 1 amide bonds. The zero-order valence-electron chi connectivity index (χ0n) is 13.7. The number of hydrogen-bond donors (Lipinski definition) is 2. The number of hydrogen-bond acceptors (Lipinski definition) is 5. The maximum Gasteiger partial charge on any atom is 0.416 e. The summed E-state index contributed by atoms with van der Waals surface area (Å²) in [5, 5.41) is 14.4. The number of carbonyl (C=O) groups is 1. The zero-order valence-corrected chi connectivity index (χ0v) is 14.5. The summed E-state index contributed by atoms with van der Waals surface area (Å²) >= 11 is 1.31. The molecule has 25 heavy (non-hydrogen) atoms. The fourth-order valence-corrected chi connectivity index (χ4v) is 2.88. The number of benzene rings is 1. The van der Waals surface area contributed by atoms with E-state index in [1.807, 2.05) is 0 Å². The quantitative estimate of drug-likeness (QED) is 0.677. The van der Waals surface area contributed by atoms with Gasteiger partial charge >= 0.3 is 6.18 Å². The van der Waals surface area contributed by atoms with E-state index in [0.717, 1.165) is 42.8 Å². The van der Waals surface area contributed by atoms with Gasteiger partial charge in [-0.2, -0.15) is 13.2 Å². The van der Waals surface area contributed by atoms with Gasteiger partial charge in [-0.25, -0.2) is 0 Å². The predicted molar refractivity (Wildman–Crippen MR) is 91.7 cm³/mol. The number of anilines is 2. The zero-order chi connectivity index (χ0) is 18.3. The summed E-state index contributed by atoms with van der Waals surface area (Å²) in [5.74, 6) is -0.395. The average molecular weight is 372 g/mol. The Labute approximate surface area is 147 Å². The van der Waals surface area contributed by atoms with Gasteiger partial charge in [0, 0.05) is 12.1 Å². The molecule has 0 spiro atoms. The lowest BCUT2D eigenvalue weighted by Crippen LogP contribution is -2.21. The van der Waals surface area contributed by atoms with Gasteiger partial charge in [-0.1, -0.05) is 37.2 Å². The normalized spacial score (nSPS) is 11.4. The summed E-state index contributed by atoms with van der Waals surface area (Å²) in [4.78, 5) is 11.9. The van der Waals surface area contributed by atoms with Crippen LogP contribution < -0.4 is 10.6 Å². The molecule has 2 aromatic rings. The molecule has 0 aliphatic heterocycles. The Morgan fingerprint density at radius 3 is 2.76 bits per heavy atom. The lowest BCUT2D eigenvalue weighted by atomic mass is 10.2. The molecule has 2 N–H and O–H groups in total. The van der Waals surface area contributed by atoms with E-state index < -0.39 is 17.6 Å². The number of nitrogens with one attached hydrogen (secondary N) is 2. The summed E-state index contributed by atoms with van der Waals surface area (Å²) in [6.07, 6.45) is -0.341. The summed E-state index contributed by atoms with van der Waals surface area (Å²) in [5.41, 5.74) is -0.541. The molecule has 5 nitrogen and oxygen atoms in total. The first-order valence-electron chi connectivity index (χ1n) is 7.92. The van der Waals surface area contributed by atoms with Crippen LogP contribution in [0.2, 0.25) is 0 Å². The molecule has 0 radical (unpaired) electrons. The first-order valence-corrected chi connectivity index (χ1v) is 8.73. The lowest BCUT2D eigenvalue weighted by Gasteiger charge is -2.10. The van der Waals surface area contributed by atoms with Gasteiger partial charge in [-0.05, 0) is 24.6 Å². The minimum atomic E-state index is -4.42. The molecule has 136 valence electrons. The van der Waals surface area contributed by atoms with E-state index in [9.17, 15) is 18.0 Å². The maximum atomic E-state index is 12.6. The second-order valence-electron chi connectivity index (χ2n) is 5.44. The number of rotatable bonds is 8. The van der Waals surface area contributed by atoms with Crippen molar-refractivity contribution in [3.05, 3.63) is 34.8 Å². The highest BCUT2D eigenvalue weighted by Gasteiger charge is 2.30. The number of unbranched alkanes of at least 4 members (excludes halogenated alkanes) is 2. The Bertz CT molecular complexity index is 703. The second kappa shape index (κ2) is 8.80. The number of nitrogens with zero attached hydrogens (tertiary/aromatic N) is 2. The molecule has 0 saturated heterocycles. The molecule has 0 atom stereocenters. The second-order valence-corrected chi connectivity index (χ2v) is 6.50. The van der Waals surface area contributed by atoms with Gasteiger partial charge in [0.05, 0.1) is 12.1 Å². The molecule has 1 aromatic heterocycles. The van der Waals surface area contributed by atoms with Crippen LogP contribution in [-0.4, -0.2) is 22.6 Å². The van der Waals surface area contributed by atoms with E-state index in [0.29, 0.717) is 5.13 Å². The monoisotopic (exact) mass is 372 g/mol. The first-order chi connectivity index (χ1) is 11.9. The van der Waals surface area contributed by atoms with Crippen LogP contribution in [0, 0.1) is 0 Å². The van der Waals surface area contributed by atoms with Crippen LogP contribution in [0.1, 0.15) is 36.8 Å². The number of aromatic nitrogens is 2. The van der Waals surface area contributed by atoms with Crippen LogP contribution in [0.5, 0.6) is 0 Å². The number of halogens is 3. The molecule has 0 aliphatic carbocycles. The molecule has 0 fully saturated rings. The van der Waals surface area contributed by atoms with Crippen molar-refractivity contribution >= 4 is 28.1 Å². The van der Waals surface area contributed by atoms with Crippen LogP contribution in [-0.2, 0) is 17.4 Å². The van der Waals surface area contributed by atoms with Gasteiger partial charge in [0.15, 0.2) is 0 Å². The van der Waals surface area contributed by atoms with Gasteiger partial charge in [0.2, 0.25) is 11.0 Å². The molecule has 0 bridgehead atoms. The maximum absolute atomic E-state index is 12.6. The van der Waals surface area contributed by atoms with Crippen molar-refractivity contribution in [2.24, 2.45) is 0 Å². The van der Waals surface area contributed by atoms with Crippen LogP contribution in [0.3, 0.4) is 0 Å². The van der Waals surface area contributed by atoms with E-state index in [1.54, 1.807) is 0 Å². The van der Waals surface area contributed by atoms with Gasteiger partial charge in [0.1, 0.15) is 5.01 Å². The summed E-state index contributed by atoms with van der Waals surface area (Å²) < 4.78 is 37.9. The van der Waals surface area contributed by atoms with Gasteiger partial charge < -0.3 is 5.32 Å². The van der Waals surface area contributed by atoms with Crippen molar-refractivity contribution in [2.75, 3.05) is 17.2 Å². The summed E-state index contributed by atoms with van der Waals surface area (Å²) in [6.45, 7) is 1.95. The Morgan fingerprint density at radius 2 is 2.04 bits per heavy atom. The minimum Gasteiger partial charge on any atom is -0.376 e. The van der Waals surface area contributed by atoms with Crippen molar-refractivity contribution in [1.82, 2.24) is 10.2 Å². The predicted octanol–water partition coefficient (Wildman–Crippen LogP) is 4.34. The topological polar surface area (TPSA) is 66.9 Å². The summed E-state index contributed by atoms with van der Waals surface area (Å²) in [6, 6.07) is 4.70. The number of carbonyl (C=O) groups excluding carboxylic acids is 1. The van der Waals surface area contributed by atoms with Crippen LogP contribution in [0.4, 0.5) is 24.0 Å². The SMILES string of the molecule is CCCCCc1nnc(NC(=O)CNc2cccc(C(F)(F)F)c2)s1. The molecule has 9 heteroatoms. The molecule has 1 aromatic carbocycles. The van der Waals surface area contributed by atoms with E-state index in [2.05, 4.69) is 27.8 Å². The molecular formula is C16H19F3N4OS. The summed E-state index contributed by atoms with van der Waals surface area (Å²) in [7, 11) is 0. The number of alkyl halides is 3. The van der Waals surface area contributed by atoms with E-state index in [4.69, 9.17) is 0 Å². The van der Waals surface area contributed by atoms with Gasteiger partial charge in [-0.3, -0.25) is 10.1 Å². The average Bonchev–Trinajstić information content (AvgIpc) is 3.00. The fraction of sp³-hybridized carbons (Fsp3) is 0.438. The third-order valence-electron chi connectivity index (χ3n) is 3.35. The lowest BCUT2D eigenvalue weighted by molar-refractivity contribution is -0.137. The Balaban J connectivity index is 1.83. The Hall–Kier alpha value is -2.16. The smallest absolute Gasteiger partial charge is 0.376 e. The standard InChI is InChI=1S/C16H19F3N4OS/c1-2-3-4-8-14-22-23-15(25-14)21-13(24)10-20-12-7-5-6-11(9-12)16(17,18)19/h5-7,9,20H,2-4,8,10H2,1H3,(H,21,23,24). The van der Waals surface area contributed by atoms with Crippen molar-refractivity contribution in [3.8, 4) is 0 Å². The number of amides is 1. The highest BCUT2D eigenvalue weighted by atomic mass is 32.1. The van der Waals surface area contributed by atoms with Gasteiger partial charge in [-0.15, -0.1) is 10.2 Å². The third-order valence-corrected chi connectivity index (χ3v) is 4.25. The molecule has 0 aliphatic rings. The fourth-order valence-electron chi connectivity index (χ4n) is 2.08. The Morgan fingerprint density at radius 1 is 1.24 bits per heavy atom. The Kier molecular flexibility index (Phi) is 6.74. The number of aryl methyl sites for hydroxylation is 1. The van der Waals surface area contributed by atoms with Crippen LogP contribution >= 0.6 is 11.3 Å². The molecule has 0 unspecified atom stereocenters. The highest BCUT2D eigenvalue weighted by Crippen LogP contribution is 2.30.